The topological polar surface area (TPSA) is 80.7 Å². The summed E-state index contributed by atoms with van der Waals surface area (Å²) in [5.74, 6) is -0.751. The van der Waals surface area contributed by atoms with Crippen molar-refractivity contribution in [1.29, 1.82) is 0 Å². The zero-order valence-electron chi connectivity index (χ0n) is 11.5. The minimum Gasteiger partial charge on any atom is -0.495 e. The number of allylic oxidation sites excluding steroid dienone is 1. The lowest BCUT2D eigenvalue weighted by Crippen LogP contribution is -2.25. The number of methoxy groups -OCH3 is 1. The highest BCUT2D eigenvalue weighted by molar-refractivity contribution is 7.96. The Kier molecular flexibility index (Phi) is 3.37. The van der Waals surface area contributed by atoms with Gasteiger partial charge >= 0.3 is 5.97 Å². The molecule has 5 nitrogen and oxygen atoms in total. The molecule has 1 heterocycles. The van der Waals surface area contributed by atoms with Crippen molar-refractivity contribution in [2.75, 3.05) is 7.11 Å². The molecule has 1 N–H and O–H groups in total. The average Bonchev–Trinajstić information content (AvgIpc) is 2.60. The quantitative estimate of drug-likeness (QED) is 0.922. The van der Waals surface area contributed by atoms with Gasteiger partial charge in [0, 0.05) is 0 Å². The van der Waals surface area contributed by atoms with Gasteiger partial charge in [-0.25, -0.2) is 8.42 Å². The van der Waals surface area contributed by atoms with Crippen LogP contribution in [-0.4, -0.2) is 26.6 Å². The molecule has 0 saturated carbocycles. The van der Waals surface area contributed by atoms with Gasteiger partial charge in [-0.05, 0) is 38.0 Å². The number of carboxylic acids is 1. The summed E-state index contributed by atoms with van der Waals surface area (Å²) in [5, 5.41) is 9.14. The molecule has 6 heteroatoms. The molecule has 2 rings (SSSR count). The van der Waals surface area contributed by atoms with Crippen LogP contribution in [0.1, 0.15) is 25.8 Å². The molecule has 0 fully saturated rings. The van der Waals surface area contributed by atoms with Crippen LogP contribution in [0.15, 0.2) is 28.0 Å². The number of benzene rings is 1. The van der Waals surface area contributed by atoms with E-state index in [0.717, 1.165) is 0 Å². The largest absolute Gasteiger partial charge is 0.495 e. The number of aliphatic carboxylic acids is 1. The van der Waals surface area contributed by atoms with Crippen molar-refractivity contribution < 1.29 is 23.1 Å². The molecular formula is C14H16O5S. The smallest absolute Gasteiger partial charge is 0.309 e. The molecule has 1 aliphatic heterocycles. The predicted octanol–water partition coefficient (Wildman–Crippen LogP) is 2.32. The molecule has 1 aromatic carbocycles. The van der Waals surface area contributed by atoms with Gasteiger partial charge in [-0.15, -0.1) is 0 Å². The molecule has 0 aliphatic carbocycles. The van der Waals surface area contributed by atoms with E-state index in [0.29, 0.717) is 5.56 Å². The number of hydrogen-bond acceptors (Lipinski definition) is 4. The molecule has 0 atom stereocenters. The van der Waals surface area contributed by atoms with Gasteiger partial charge in [0.15, 0.2) is 0 Å². The van der Waals surface area contributed by atoms with Crippen LogP contribution in [0.2, 0.25) is 0 Å². The molecule has 0 radical (unpaired) electrons. The fourth-order valence-electron chi connectivity index (χ4n) is 2.13. The van der Waals surface area contributed by atoms with E-state index in [2.05, 4.69) is 0 Å². The summed E-state index contributed by atoms with van der Waals surface area (Å²) in [7, 11) is -2.28. The average molecular weight is 296 g/mol. The van der Waals surface area contributed by atoms with Gasteiger partial charge in [0.05, 0.1) is 17.4 Å². The Labute approximate surface area is 117 Å². The Morgan fingerprint density at radius 2 is 2.00 bits per heavy atom. The standard InChI is InChI=1S/C14H16O5S/c1-14(2,13(15)16)8-10-7-9-5-4-6-11(19-3)12(9)20(10,17)18/h4-7H,8H2,1-3H3,(H,15,16). The highest BCUT2D eigenvalue weighted by atomic mass is 32.2. The Morgan fingerprint density at radius 3 is 2.55 bits per heavy atom. The van der Waals surface area contributed by atoms with Crippen LogP contribution in [0, 0.1) is 5.41 Å². The summed E-state index contributed by atoms with van der Waals surface area (Å²) in [4.78, 5) is 11.4. The highest BCUT2D eigenvalue weighted by Gasteiger charge is 2.38. The van der Waals surface area contributed by atoms with Gasteiger partial charge in [0.1, 0.15) is 10.6 Å². The number of carboxylic acid groups (broad SMARTS) is 1. The minimum atomic E-state index is -3.68. The van der Waals surface area contributed by atoms with E-state index in [1.54, 1.807) is 18.2 Å². The second kappa shape index (κ2) is 4.63. The molecule has 20 heavy (non-hydrogen) atoms. The number of ether oxygens (including phenoxy) is 1. The first-order valence-electron chi connectivity index (χ1n) is 6.06. The molecule has 108 valence electrons. The van der Waals surface area contributed by atoms with Crippen LogP contribution in [0.4, 0.5) is 0 Å². The molecule has 0 aromatic heterocycles. The first kappa shape index (κ1) is 14.6. The molecule has 0 amide bonds. The van der Waals surface area contributed by atoms with E-state index >= 15 is 0 Å². The summed E-state index contributed by atoms with van der Waals surface area (Å²) in [5.41, 5.74) is -0.602. The monoisotopic (exact) mass is 296 g/mol. The second-order valence-corrected chi connectivity index (χ2v) is 7.30. The number of sulfone groups is 1. The molecule has 1 aliphatic rings. The van der Waals surface area contributed by atoms with Gasteiger partial charge < -0.3 is 9.84 Å². The third-order valence-corrected chi connectivity index (χ3v) is 5.28. The summed E-state index contributed by atoms with van der Waals surface area (Å²) < 4.78 is 30.1. The Morgan fingerprint density at radius 1 is 1.35 bits per heavy atom. The van der Waals surface area contributed by atoms with Crippen molar-refractivity contribution >= 4 is 21.9 Å². The van der Waals surface area contributed by atoms with Gasteiger partial charge in [0.25, 0.3) is 0 Å². The maximum absolute atomic E-state index is 12.5. The van der Waals surface area contributed by atoms with Crippen LogP contribution < -0.4 is 4.74 Å². The summed E-state index contributed by atoms with van der Waals surface area (Å²) in [6.07, 6.45) is 1.47. The molecule has 0 spiro atoms. The Bertz CT molecular complexity index is 698. The van der Waals surface area contributed by atoms with Crippen LogP contribution in [0.3, 0.4) is 0 Å². The van der Waals surface area contributed by atoms with E-state index in [-0.39, 0.29) is 22.0 Å². The van der Waals surface area contributed by atoms with Crippen molar-refractivity contribution in [2.45, 2.75) is 25.2 Å². The van der Waals surface area contributed by atoms with Crippen molar-refractivity contribution in [3.05, 3.63) is 28.7 Å². The first-order valence-corrected chi connectivity index (χ1v) is 7.54. The zero-order chi connectivity index (χ0) is 15.1. The van der Waals surface area contributed by atoms with E-state index in [9.17, 15) is 13.2 Å². The van der Waals surface area contributed by atoms with Gasteiger partial charge in [0.2, 0.25) is 9.84 Å². The second-order valence-electron chi connectivity index (χ2n) is 5.36. The van der Waals surface area contributed by atoms with E-state index in [4.69, 9.17) is 9.84 Å². The third kappa shape index (κ3) is 2.20. The molecule has 0 unspecified atom stereocenters. The lowest BCUT2D eigenvalue weighted by atomic mass is 9.89. The van der Waals surface area contributed by atoms with Crippen LogP contribution >= 0.6 is 0 Å². The van der Waals surface area contributed by atoms with E-state index in [1.807, 2.05) is 0 Å². The van der Waals surface area contributed by atoms with Crippen LogP contribution in [0.5, 0.6) is 5.75 Å². The number of fused-ring (bicyclic) bond motifs is 1. The van der Waals surface area contributed by atoms with Crippen molar-refractivity contribution in [3.8, 4) is 5.75 Å². The maximum Gasteiger partial charge on any atom is 0.309 e. The lowest BCUT2D eigenvalue weighted by molar-refractivity contribution is -0.146. The van der Waals surface area contributed by atoms with Crippen molar-refractivity contribution in [2.24, 2.45) is 5.41 Å². The summed E-state index contributed by atoms with van der Waals surface area (Å²) in [6.45, 7) is 3.01. The van der Waals surface area contributed by atoms with Gasteiger partial charge in [-0.3, -0.25) is 4.79 Å². The van der Waals surface area contributed by atoms with Crippen LogP contribution in [-0.2, 0) is 14.6 Å². The van der Waals surface area contributed by atoms with Crippen LogP contribution in [0.25, 0.3) is 6.08 Å². The molecular weight excluding hydrogens is 280 g/mol. The fourth-order valence-corrected chi connectivity index (χ4v) is 4.08. The molecule has 1 aromatic rings. The van der Waals surface area contributed by atoms with Crippen molar-refractivity contribution in [3.63, 3.8) is 0 Å². The number of rotatable bonds is 4. The fraction of sp³-hybridized carbons (Fsp3) is 0.357. The highest BCUT2D eigenvalue weighted by Crippen LogP contribution is 2.43. The first-order chi connectivity index (χ1) is 9.20. The predicted molar refractivity (Wildman–Crippen MR) is 74.2 cm³/mol. The zero-order valence-corrected chi connectivity index (χ0v) is 12.3. The maximum atomic E-state index is 12.5. The Hall–Kier alpha value is -1.82. The number of hydrogen-bond donors (Lipinski definition) is 1. The molecule has 0 bridgehead atoms. The van der Waals surface area contributed by atoms with Crippen molar-refractivity contribution in [1.82, 2.24) is 0 Å². The minimum absolute atomic E-state index is 0.0531. The summed E-state index contributed by atoms with van der Waals surface area (Å²) >= 11 is 0. The normalized spacial score (nSPS) is 16.4. The number of carbonyl (C=O) groups is 1. The third-order valence-electron chi connectivity index (χ3n) is 3.35. The lowest BCUT2D eigenvalue weighted by Gasteiger charge is -2.19. The van der Waals surface area contributed by atoms with Gasteiger partial charge in [-0.1, -0.05) is 12.1 Å². The Balaban J connectivity index is 2.50. The van der Waals surface area contributed by atoms with Gasteiger partial charge in [-0.2, -0.15) is 0 Å². The SMILES string of the molecule is COc1cccc2c1S(=O)(=O)C(CC(C)(C)C(=O)O)=C2. The van der Waals surface area contributed by atoms with E-state index in [1.165, 1.54) is 27.0 Å². The molecule has 0 saturated heterocycles. The summed E-state index contributed by atoms with van der Waals surface area (Å²) in [6, 6.07) is 4.96. The van der Waals surface area contributed by atoms with E-state index < -0.39 is 21.2 Å².